The van der Waals surface area contributed by atoms with E-state index in [1.165, 1.54) is 0 Å². The monoisotopic (exact) mass is 302 g/mol. The molecule has 1 aromatic heterocycles. The van der Waals surface area contributed by atoms with E-state index in [0.29, 0.717) is 5.42 Å². The molecule has 1 unspecified atom stereocenters. The molecule has 2 N–H and O–H groups in total. The van der Waals surface area contributed by atoms with Crippen LogP contribution in [0.3, 0.4) is 0 Å². The topological polar surface area (TPSA) is 53.6 Å². The first-order valence-electron chi connectivity index (χ1n) is 4.17. The predicted octanol–water partition coefficient (Wildman–Crippen LogP) is -1.11. The second-order valence-corrected chi connectivity index (χ2v) is 4.44. The molecular formula is C9H8BIO3. The number of halogens is 1. The summed E-state index contributed by atoms with van der Waals surface area (Å²) < 4.78 is 5.55. The highest BCUT2D eigenvalue weighted by molar-refractivity contribution is 14.1. The van der Waals surface area contributed by atoms with Gasteiger partial charge in [-0.25, -0.2) is 0 Å². The number of rotatable bonds is 1. The van der Waals surface area contributed by atoms with Crippen molar-refractivity contribution in [3.05, 3.63) is 28.9 Å². The van der Waals surface area contributed by atoms with Crippen molar-refractivity contribution in [2.75, 3.05) is 0 Å². The molecule has 0 bridgehead atoms. The Morgan fingerprint density at radius 3 is 2.93 bits per heavy atom. The van der Waals surface area contributed by atoms with Crippen LogP contribution in [0.25, 0.3) is 12.2 Å². The van der Waals surface area contributed by atoms with Crippen molar-refractivity contribution in [1.29, 1.82) is 0 Å². The Labute approximate surface area is 94.7 Å². The van der Waals surface area contributed by atoms with Gasteiger partial charge in [0.05, 0.1) is 3.92 Å². The molecule has 5 heteroatoms. The third-order valence-corrected chi connectivity index (χ3v) is 2.72. The lowest BCUT2D eigenvalue weighted by atomic mass is 9.88. The van der Waals surface area contributed by atoms with E-state index in [-0.39, 0.29) is 9.58 Å². The fraction of sp³-hybridized carbons (Fsp3) is 0.111. The van der Waals surface area contributed by atoms with Crippen LogP contribution in [0.2, 0.25) is 0 Å². The SMILES string of the molecule is OB(O)c1cc2c(o1)=CC(I)C=CC=2. The summed E-state index contributed by atoms with van der Waals surface area (Å²) in [6.45, 7) is 0. The summed E-state index contributed by atoms with van der Waals surface area (Å²) in [7, 11) is -1.54. The van der Waals surface area contributed by atoms with Crippen molar-refractivity contribution in [2.45, 2.75) is 3.92 Å². The molecule has 3 nitrogen and oxygen atoms in total. The summed E-state index contributed by atoms with van der Waals surface area (Å²) in [4.78, 5) is 0. The minimum atomic E-state index is -1.54. The molecule has 14 heavy (non-hydrogen) atoms. The Kier molecular flexibility index (Phi) is 2.80. The Bertz CT molecular complexity index is 475. The highest BCUT2D eigenvalue weighted by Crippen LogP contribution is 2.04. The number of fused-ring (bicyclic) bond motifs is 1. The standard InChI is InChI=1S/C9H8BIO3/c11-7-3-1-2-6-4-9(10(12)13)14-8(6)5-7/h1-5,7,12-13H. The van der Waals surface area contributed by atoms with Crippen LogP contribution >= 0.6 is 22.6 Å². The van der Waals surface area contributed by atoms with Crippen molar-refractivity contribution in [3.8, 4) is 0 Å². The molecule has 1 aliphatic carbocycles. The number of hydrogen-bond donors (Lipinski definition) is 2. The van der Waals surface area contributed by atoms with Crippen LogP contribution in [0.4, 0.5) is 0 Å². The normalized spacial score (nSPS) is 19.2. The Morgan fingerprint density at radius 2 is 2.21 bits per heavy atom. The molecule has 0 fully saturated rings. The van der Waals surface area contributed by atoms with E-state index < -0.39 is 7.12 Å². The van der Waals surface area contributed by atoms with Crippen molar-refractivity contribution in [2.24, 2.45) is 0 Å². The minimum absolute atomic E-state index is 0.182. The third kappa shape index (κ3) is 1.94. The highest BCUT2D eigenvalue weighted by atomic mass is 127. The lowest BCUT2D eigenvalue weighted by Gasteiger charge is -1.91. The van der Waals surface area contributed by atoms with Gasteiger partial charge in [0.25, 0.3) is 0 Å². The van der Waals surface area contributed by atoms with Gasteiger partial charge >= 0.3 is 7.12 Å². The first-order valence-corrected chi connectivity index (χ1v) is 5.42. The zero-order valence-electron chi connectivity index (χ0n) is 7.22. The van der Waals surface area contributed by atoms with Gasteiger partial charge in [-0.1, -0.05) is 40.8 Å². The van der Waals surface area contributed by atoms with Crippen molar-refractivity contribution in [3.63, 3.8) is 0 Å². The first kappa shape index (κ1) is 10.0. The Morgan fingerprint density at radius 1 is 1.43 bits per heavy atom. The van der Waals surface area contributed by atoms with Crippen LogP contribution in [0.5, 0.6) is 0 Å². The molecule has 0 saturated carbocycles. The summed E-state index contributed by atoms with van der Waals surface area (Å²) in [6.07, 6.45) is 7.79. The smallest absolute Gasteiger partial charge is 0.465 e. The fourth-order valence-electron chi connectivity index (χ4n) is 1.29. The van der Waals surface area contributed by atoms with Crippen LogP contribution in [0.15, 0.2) is 22.6 Å². The van der Waals surface area contributed by atoms with Gasteiger partial charge in [0.2, 0.25) is 0 Å². The zero-order valence-corrected chi connectivity index (χ0v) is 9.38. The summed E-state index contributed by atoms with van der Waals surface area (Å²) in [5.41, 5.74) is 0.874. The van der Waals surface area contributed by atoms with E-state index in [9.17, 15) is 0 Å². The molecule has 1 atom stereocenters. The van der Waals surface area contributed by atoms with Gasteiger partial charge in [-0.05, 0) is 12.1 Å². The maximum atomic E-state index is 8.92. The van der Waals surface area contributed by atoms with Crippen molar-refractivity contribution in [1.82, 2.24) is 0 Å². The zero-order chi connectivity index (χ0) is 10.1. The van der Waals surface area contributed by atoms with E-state index in [1.54, 1.807) is 6.07 Å². The van der Waals surface area contributed by atoms with E-state index in [0.717, 1.165) is 5.22 Å². The van der Waals surface area contributed by atoms with Crippen LogP contribution in [0, 0.1) is 0 Å². The number of alkyl halides is 1. The molecule has 1 aromatic rings. The van der Waals surface area contributed by atoms with Crippen molar-refractivity contribution < 1.29 is 14.5 Å². The van der Waals surface area contributed by atoms with E-state index in [4.69, 9.17) is 14.5 Å². The maximum absolute atomic E-state index is 8.92. The average Bonchev–Trinajstić information content (AvgIpc) is 2.42. The second-order valence-electron chi connectivity index (χ2n) is 3.00. The first-order chi connectivity index (χ1) is 6.66. The Hall–Kier alpha value is -0.525. The van der Waals surface area contributed by atoms with E-state index >= 15 is 0 Å². The van der Waals surface area contributed by atoms with Crippen LogP contribution < -0.4 is 16.3 Å². The molecule has 1 aliphatic rings. The second kappa shape index (κ2) is 3.92. The van der Waals surface area contributed by atoms with Gasteiger partial charge in [-0.15, -0.1) is 0 Å². The number of allylic oxidation sites excluding steroid dienone is 2. The summed E-state index contributed by atoms with van der Waals surface area (Å²) >= 11 is 2.26. The molecule has 0 amide bonds. The third-order valence-electron chi connectivity index (χ3n) is 1.95. The molecular weight excluding hydrogens is 294 g/mol. The van der Waals surface area contributed by atoms with Gasteiger partial charge < -0.3 is 14.5 Å². The van der Waals surface area contributed by atoms with Crippen LogP contribution in [-0.2, 0) is 0 Å². The molecule has 0 saturated heterocycles. The van der Waals surface area contributed by atoms with Crippen LogP contribution in [0.1, 0.15) is 0 Å². The van der Waals surface area contributed by atoms with Gasteiger partial charge in [0.15, 0.2) is 0 Å². The summed E-state index contributed by atoms with van der Waals surface area (Å²) in [6, 6.07) is 1.63. The van der Waals surface area contributed by atoms with E-state index in [2.05, 4.69) is 22.6 Å². The Balaban J connectivity index is 2.61. The summed E-state index contributed by atoms with van der Waals surface area (Å²) in [5.74, 6) is 0. The van der Waals surface area contributed by atoms with Gasteiger partial charge in [0.1, 0.15) is 11.1 Å². The van der Waals surface area contributed by atoms with Crippen LogP contribution in [-0.4, -0.2) is 21.1 Å². The summed E-state index contributed by atoms with van der Waals surface area (Å²) in [5, 5.41) is 18.7. The van der Waals surface area contributed by atoms with Gasteiger partial charge in [-0.2, -0.15) is 0 Å². The highest BCUT2D eigenvalue weighted by Gasteiger charge is 2.16. The molecule has 0 spiro atoms. The lowest BCUT2D eigenvalue weighted by molar-refractivity contribution is 0.406. The van der Waals surface area contributed by atoms with E-state index in [1.807, 2.05) is 24.3 Å². The van der Waals surface area contributed by atoms with Gasteiger partial charge in [0, 0.05) is 5.22 Å². The maximum Gasteiger partial charge on any atom is 0.526 e. The number of hydrogen-bond acceptors (Lipinski definition) is 3. The number of furan rings is 1. The average molecular weight is 302 g/mol. The molecule has 72 valence electrons. The molecule has 1 heterocycles. The predicted molar refractivity (Wildman–Crippen MR) is 63.7 cm³/mol. The largest absolute Gasteiger partial charge is 0.526 e. The quantitative estimate of drug-likeness (QED) is 0.393. The van der Waals surface area contributed by atoms with Gasteiger partial charge in [-0.3, -0.25) is 0 Å². The lowest BCUT2D eigenvalue weighted by Crippen LogP contribution is -2.28. The minimum Gasteiger partial charge on any atom is -0.465 e. The molecule has 0 aromatic carbocycles. The molecule has 0 radical (unpaired) electrons. The van der Waals surface area contributed by atoms with Crippen molar-refractivity contribution >= 4 is 47.5 Å². The molecule has 0 aliphatic heterocycles. The fourth-order valence-corrected chi connectivity index (χ4v) is 1.86. The molecule has 2 rings (SSSR count).